The van der Waals surface area contributed by atoms with Crippen LogP contribution in [0.15, 0.2) is 35.2 Å². The third-order valence-electron chi connectivity index (χ3n) is 2.25. The van der Waals surface area contributed by atoms with Gasteiger partial charge in [-0.2, -0.15) is 0 Å². The maximum atomic E-state index is 11.6. The first-order chi connectivity index (χ1) is 8.74. The largest absolute Gasteiger partial charge is 0.337 e. The van der Waals surface area contributed by atoms with Gasteiger partial charge in [0.15, 0.2) is 0 Å². The molecule has 1 heterocycles. The molecule has 2 amide bonds. The van der Waals surface area contributed by atoms with Gasteiger partial charge in [-0.1, -0.05) is 11.6 Å². The fraction of sp³-hybridized carbons (Fsp3) is 0.167. The molecule has 4 nitrogen and oxygen atoms in total. The van der Waals surface area contributed by atoms with E-state index in [1.807, 2.05) is 5.38 Å². The highest BCUT2D eigenvalue weighted by molar-refractivity contribution is 7.07. The van der Waals surface area contributed by atoms with E-state index in [-0.39, 0.29) is 6.03 Å². The summed E-state index contributed by atoms with van der Waals surface area (Å²) in [5.74, 6) is 0. The van der Waals surface area contributed by atoms with Gasteiger partial charge in [-0.3, -0.25) is 0 Å². The number of urea groups is 1. The lowest BCUT2D eigenvalue weighted by molar-refractivity contribution is 0.252. The Morgan fingerprint density at radius 3 is 2.78 bits per heavy atom. The molecular formula is C12H12ClN3OS. The van der Waals surface area contributed by atoms with Gasteiger partial charge >= 0.3 is 6.03 Å². The number of hydrogen-bond acceptors (Lipinski definition) is 3. The van der Waals surface area contributed by atoms with Crippen molar-refractivity contribution in [1.29, 1.82) is 0 Å². The standard InChI is InChI=1S/C12H12ClN3OS/c13-9-1-3-10(4-2-9)16-12(17)14-6-5-11-7-18-8-15-11/h1-4,7-8H,5-6H2,(H2,14,16,17). The molecule has 0 bridgehead atoms. The Morgan fingerprint density at radius 2 is 2.11 bits per heavy atom. The van der Waals surface area contributed by atoms with Crippen molar-refractivity contribution >= 4 is 34.7 Å². The molecule has 0 aliphatic heterocycles. The molecule has 94 valence electrons. The molecule has 0 fully saturated rings. The lowest BCUT2D eigenvalue weighted by Gasteiger charge is -2.06. The second-order valence-electron chi connectivity index (χ2n) is 3.62. The number of nitrogens with zero attached hydrogens (tertiary/aromatic N) is 1. The Bertz CT molecular complexity index is 499. The first-order valence-corrected chi connectivity index (χ1v) is 6.73. The van der Waals surface area contributed by atoms with Gasteiger partial charge in [0.25, 0.3) is 0 Å². The predicted octanol–water partition coefficient (Wildman–Crippen LogP) is 3.16. The second-order valence-corrected chi connectivity index (χ2v) is 4.77. The van der Waals surface area contributed by atoms with E-state index in [1.54, 1.807) is 41.1 Å². The first-order valence-electron chi connectivity index (χ1n) is 5.41. The molecule has 0 aliphatic rings. The minimum atomic E-state index is -0.229. The van der Waals surface area contributed by atoms with Crippen molar-refractivity contribution in [3.8, 4) is 0 Å². The smallest absolute Gasteiger partial charge is 0.319 e. The van der Waals surface area contributed by atoms with Crippen LogP contribution in [-0.2, 0) is 6.42 Å². The monoisotopic (exact) mass is 281 g/mol. The summed E-state index contributed by atoms with van der Waals surface area (Å²) in [6.45, 7) is 0.559. The average molecular weight is 282 g/mol. The number of amides is 2. The number of anilines is 1. The zero-order valence-corrected chi connectivity index (χ0v) is 11.1. The van der Waals surface area contributed by atoms with E-state index < -0.39 is 0 Å². The highest BCUT2D eigenvalue weighted by Crippen LogP contribution is 2.12. The zero-order chi connectivity index (χ0) is 12.8. The van der Waals surface area contributed by atoms with E-state index >= 15 is 0 Å². The number of thiazole rings is 1. The number of nitrogens with one attached hydrogen (secondary N) is 2. The number of carbonyl (C=O) groups excluding carboxylic acids is 1. The SMILES string of the molecule is O=C(NCCc1cscn1)Nc1ccc(Cl)cc1. The summed E-state index contributed by atoms with van der Waals surface area (Å²) < 4.78 is 0. The highest BCUT2D eigenvalue weighted by Gasteiger charge is 2.01. The lowest BCUT2D eigenvalue weighted by Crippen LogP contribution is -2.30. The molecule has 0 spiro atoms. The molecule has 2 N–H and O–H groups in total. The Morgan fingerprint density at radius 1 is 1.33 bits per heavy atom. The molecule has 0 saturated heterocycles. The van der Waals surface area contributed by atoms with Crippen LogP contribution in [0, 0.1) is 0 Å². The van der Waals surface area contributed by atoms with Crippen LogP contribution in [-0.4, -0.2) is 17.6 Å². The van der Waals surface area contributed by atoms with Crippen molar-refractivity contribution in [2.75, 3.05) is 11.9 Å². The Kier molecular flexibility index (Phi) is 4.55. The van der Waals surface area contributed by atoms with E-state index in [4.69, 9.17) is 11.6 Å². The van der Waals surface area contributed by atoms with E-state index in [2.05, 4.69) is 15.6 Å². The van der Waals surface area contributed by atoms with Crippen molar-refractivity contribution in [1.82, 2.24) is 10.3 Å². The van der Waals surface area contributed by atoms with Gasteiger partial charge in [0, 0.05) is 29.1 Å². The van der Waals surface area contributed by atoms with Crippen molar-refractivity contribution in [3.63, 3.8) is 0 Å². The summed E-state index contributed by atoms with van der Waals surface area (Å²) in [5, 5.41) is 8.10. The number of aromatic nitrogens is 1. The molecule has 0 radical (unpaired) electrons. The number of hydrogen-bond donors (Lipinski definition) is 2. The van der Waals surface area contributed by atoms with Crippen molar-refractivity contribution < 1.29 is 4.79 Å². The molecule has 2 rings (SSSR count). The molecule has 1 aromatic heterocycles. The van der Waals surface area contributed by atoms with Gasteiger partial charge < -0.3 is 10.6 Å². The normalized spacial score (nSPS) is 10.1. The van der Waals surface area contributed by atoms with Gasteiger partial charge in [0.2, 0.25) is 0 Å². The fourth-order valence-corrected chi connectivity index (χ4v) is 2.09. The van der Waals surface area contributed by atoms with Crippen molar-refractivity contribution in [2.45, 2.75) is 6.42 Å². The highest BCUT2D eigenvalue weighted by atomic mass is 35.5. The minimum absolute atomic E-state index is 0.229. The summed E-state index contributed by atoms with van der Waals surface area (Å²) in [6.07, 6.45) is 0.734. The van der Waals surface area contributed by atoms with Crippen LogP contribution in [0.5, 0.6) is 0 Å². The number of carbonyl (C=O) groups is 1. The molecule has 6 heteroatoms. The third kappa shape index (κ3) is 4.01. The Hall–Kier alpha value is -1.59. The lowest BCUT2D eigenvalue weighted by atomic mass is 10.3. The minimum Gasteiger partial charge on any atom is -0.337 e. The quantitative estimate of drug-likeness (QED) is 0.904. The molecular weight excluding hydrogens is 270 g/mol. The van der Waals surface area contributed by atoms with Gasteiger partial charge in [-0.05, 0) is 24.3 Å². The Balaban J connectivity index is 1.73. The van der Waals surface area contributed by atoms with Crippen LogP contribution in [0.4, 0.5) is 10.5 Å². The summed E-state index contributed by atoms with van der Waals surface area (Å²) in [5.41, 5.74) is 3.49. The summed E-state index contributed by atoms with van der Waals surface area (Å²) in [4.78, 5) is 15.7. The van der Waals surface area contributed by atoms with Crippen molar-refractivity contribution in [2.24, 2.45) is 0 Å². The van der Waals surface area contributed by atoms with Gasteiger partial charge in [-0.25, -0.2) is 9.78 Å². The number of benzene rings is 1. The Labute approximate surface area is 114 Å². The van der Waals surface area contributed by atoms with Crippen LogP contribution in [0.2, 0.25) is 5.02 Å². The number of rotatable bonds is 4. The molecule has 0 aliphatic carbocycles. The summed E-state index contributed by atoms with van der Waals surface area (Å²) >= 11 is 7.31. The average Bonchev–Trinajstić information content (AvgIpc) is 2.85. The fourth-order valence-electron chi connectivity index (χ4n) is 1.37. The molecule has 1 aromatic carbocycles. The van der Waals surface area contributed by atoms with Gasteiger partial charge in [-0.15, -0.1) is 11.3 Å². The first kappa shape index (κ1) is 12.9. The van der Waals surface area contributed by atoms with Crippen molar-refractivity contribution in [3.05, 3.63) is 45.9 Å². The van der Waals surface area contributed by atoms with E-state index in [1.165, 1.54) is 0 Å². The van der Waals surface area contributed by atoms with Gasteiger partial charge in [0.05, 0.1) is 11.2 Å². The molecule has 0 saturated carbocycles. The number of halogens is 1. The zero-order valence-electron chi connectivity index (χ0n) is 9.52. The molecule has 0 atom stereocenters. The van der Waals surface area contributed by atoms with Crippen LogP contribution in [0.3, 0.4) is 0 Å². The summed E-state index contributed by atoms with van der Waals surface area (Å²) in [7, 11) is 0. The van der Waals surface area contributed by atoms with Crippen LogP contribution >= 0.6 is 22.9 Å². The molecule has 0 unspecified atom stereocenters. The predicted molar refractivity (Wildman–Crippen MR) is 74.3 cm³/mol. The maximum Gasteiger partial charge on any atom is 0.319 e. The van der Waals surface area contributed by atoms with Crippen LogP contribution < -0.4 is 10.6 Å². The van der Waals surface area contributed by atoms with Crippen LogP contribution in [0.1, 0.15) is 5.69 Å². The van der Waals surface area contributed by atoms with Crippen LogP contribution in [0.25, 0.3) is 0 Å². The second kappa shape index (κ2) is 6.37. The third-order valence-corrected chi connectivity index (χ3v) is 3.14. The molecule has 2 aromatic rings. The van der Waals surface area contributed by atoms with E-state index in [9.17, 15) is 4.79 Å². The summed E-state index contributed by atoms with van der Waals surface area (Å²) in [6, 6.07) is 6.73. The van der Waals surface area contributed by atoms with Gasteiger partial charge in [0.1, 0.15) is 0 Å². The van der Waals surface area contributed by atoms with E-state index in [0.717, 1.165) is 12.1 Å². The maximum absolute atomic E-state index is 11.6. The molecule has 18 heavy (non-hydrogen) atoms. The topological polar surface area (TPSA) is 54.0 Å². The van der Waals surface area contributed by atoms with E-state index in [0.29, 0.717) is 17.3 Å².